The molecular weight excluding hydrogens is 258 g/mol. The Hall–Kier alpha value is -1.56. The van der Waals surface area contributed by atoms with Gasteiger partial charge in [0, 0.05) is 12.1 Å². The highest BCUT2D eigenvalue weighted by Crippen LogP contribution is 2.34. The van der Waals surface area contributed by atoms with Crippen molar-refractivity contribution in [2.45, 2.75) is 51.7 Å². The summed E-state index contributed by atoms with van der Waals surface area (Å²) in [6.45, 7) is 6.81. The van der Waals surface area contributed by atoms with Crippen molar-refractivity contribution >= 4 is 6.09 Å². The van der Waals surface area contributed by atoms with Crippen molar-refractivity contribution in [2.24, 2.45) is 5.73 Å². The Kier molecular flexibility index (Phi) is 4.32. The van der Waals surface area contributed by atoms with E-state index >= 15 is 0 Å². The molecule has 0 spiro atoms. The number of rotatable bonds is 3. The molecule has 6 nitrogen and oxygen atoms in total. The average Bonchev–Trinajstić information content (AvgIpc) is 2.93. The first kappa shape index (κ1) is 14.8. The number of nitrogens with two attached hydrogens (primary N) is 1. The average molecular weight is 281 g/mol. The van der Waals surface area contributed by atoms with E-state index in [9.17, 15) is 4.79 Å². The largest absolute Gasteiger partial charge is 0.444 e. The molecule has 0 saturated carbocycles. The smallest absolute Gasteiger partial charge is 0.410 e. The van der Waals surface area contributed by atoms with Crippen molar-refractivity contribution in [3.8, 4) is 0 Å². The number of aromatic nitrogens is 1. The summed E-state index contributed by atoms with van der Waals surface area (Å²) in [4.78, 5) is 14.0. The third-order valence-corrected chi connectivity index (χ3v) is 3.27. The molecule has 2 N–H and O–H groups in total. The molecule has 6 heteroatoms. The molecule has 0 aliphatic carbocycles. The van der Waals surface area contributed by atoms with Gasteiger partial charge < -0.3 is 15.0 Å². The molecule has 1 saturated heterocycles. The molecule has 112 valence electrons. The van der Waals surface area contributed by atoms with Crippen molar-refractivity contribution in [1.29, 1.82) is 0 Å². The summed E-state index contributed by atoms with van der Waals surface area (Å²) in [6, 6.07) is -0.0890. The quantitative estimate of drug-likeness (QED) is 0.919. The van der Waals surface area contributed by atoms with Crippen LogP contribution in [0, 0.1) is 0 Å². The zero-order valence-electron chi connectivity index (χ0n) is 12.4. The van der Waals surface area contributed by atoms with Crippen LogP contribution >= 0.6 is 0 Å². The molecule has 0 bridgehead atoms. The van der Waals surface area contributed by atoms with E-state index in [0.29, 0.717) is 19.5 Å². The summed E-state index contributed by atoms with van der Waals surface area (Å²) in [6.07, 6.45) is 3.90. The number of hydrogen-bond acceptors (Lipinski definition) is 5. The van der Waals surface area contributed by atoms with E-state index in [4.69, 9.17) is 15.0 Å². The predicted octanol–water partition coefficient (Wildman–Crippen LogP) is 2.25. The van der Waals surface area contributed by atoms with Crippen LogP contribution in [0.4, 0.5) is 4.79 Å². The Morgan fingerprint density at radius 2 is 2.35 bits per heavy atom. The Labute approximate surface area is 119 Å². The molecule has 1 fully saturated rings. The molecule has 1 aromatic heterocycles. The van der Waals surface area contributed by atoms with E-state index in [1.54, 1.807) is 11.1 Å². The third-order valence-electron chi connectivity index (χ3n) is 3.27. The molecule has 1 unspecified atom stereocenters. The van der Waals surface area contributed by atoms with Crippen LogP contribution in [-0.2, 0) is 11.2 Å². The molecule has 1 atom stereocenters. The van der Waals surface area contributed by atoms with E-state index < -0.39 is 5.60 Å². The first-order chi connectivity index (χ1) is 9.42. The van der Waals surface area contributed by atoms with Crippen molar-refractivity contribution < 1.29 is 14.1 Å². The number of likely N-dealkylation sites (tertiary alicyclic amines) is 1. The summed E-state index contributed by atoms with van der Waals surface area (Å²) in [5, 5.41) is 3.84. The Balaban J connectivity index is 2.14. The van der Waals surface area contributed by atoms with Gasteiger partial charge in [0.1, 0.15) is 5.60 Å². The Morgan fingerprint density at radius 1 is 1.60 bits per heavy atom. The van der Waals surface area contributed by atoms with E-state index in [0.717, 1.165) is 24.2 Å². The van der Waals surface area contributed by atoms with Gasteiger partial charge in [-0.2, -0.15) is 0 Å². The third kappa shape index (κ3) is 3.30. The number of hydrogen-bond donors (Lipinski definition) is 1. The molecule has 20 heavy (non-hydrogen) atoms. The van der Waals surface area contributed by atoms with Crippen LogP contribution in [0.25, 0.3) is 0 Å². The zero-order valence-corrected chi connectivity index (χ0v) is 12.4. The fourth-order valence-corrected chi connectivity index (χ4v) is 2.47. The van der Waals surface area contributed by atoms with Gasteiger partial charge >= 0.3 is 6.09 Å². The Morgan fingerprint density at radius 3 is 3.00 bits per heavy atom. The second kappa shape index (κ2) is 5.83. The van der Waals surface area contributed by atoms with Crippen LogP contribution in [0.3, 0.4) is 0 Å². The summed E-state index contributed by atoms with van der Waals surface area (Å²) in [5.74, 6) is 0.749. The van der Waals surface area contributed by atoms with Crippen molar-refractivity contribution in [3.05, 3.63) is 17.5 Å². The van der Waals surface area contributed by atoms with Crippen LogP contribution in [0.15, 0.2) is 10.7 Å². The molecule has 0 radical (unpaired) electrons. The lowest BCUT2D eigenvalue weighted by Gasteiger charge is -2.27. The highest BCUT2D eigenvalue weighted by Gasteiger charge is 2.36. The van der Waals surface area contributed by atoms with E-state index in [1.807, 2.05) is 20.8 Å². The van der Waals surface area contributed by atoms with Gasteiger partial charge in [-0.25, -0.2) is 4.79 Å². The van der Waals surface area contributed by atoms with Crippen LogP contribution < -0.4 is 5.73 Å². The first-order valence-corrected chi connectivity index (χ1v) is 7.05. The summed E-state index contributed by atoms with van der Waals surface area (Å²) >= 11 is 0. The highest BCUT2D eigenvalue weighted by molar-refractivity contribution is 5.69. The maximum Gasteiger partial charge on any atom is 0.410 e. The summed E-state index contributed by atoms with van der Waals surface area (Å²) in [5.41, 5.74) is 6.08. The number of ether oxygens (including phenoxy) is 1. The molecule has 1 aliphatic rings. The van der Waals surface area contributed by atoms with Crippen molar-refractivity contribution in [1.82, 2.24) is 10.1 Å². The molecule has 2 heterocycles. The van der Waals surface area contributed by atoms with Crippen LogP contribution in [-0.4, -0.2) is 34.8 Å². The maximum atomic E-state index is 12.3. The molecular formula is C14H23N3O3. The monoisotopic (exact) mass is 281 g/mol. The lowest BCUT2D eigenvalue weighted by Crippen LogP contribution is -2.36. The second-order valence-electron chi connectivity index (χ2n) is 6.09. The normalized spacial score (nSPS) is 19.4. The van der Waals surface area contributed by atoms with Crippen molar-refractivity contribution in [3.63, 3.8) is 0 Å². The Bertz CT molecular complexity index is 464. The fraction of sp³-hybridized carbons (Fsp3) is 0.714. The zero-order chi connectivity index (χ0) is 14.8. The van der Waals surface area contributed by atoms with Gasteiger partial charge in [0.15, 0.2) is 5.76 Å². The SMILES string of the molecule is CC(C)(C)OC(=O)N1CCCC1c1oncc1CCN. The topological polar surface area (TPSA) is 81.6 Å². The standard InChI is InChI=1S/C14H23N3O3/c1-14(2,3)19-13(18)17-8-4-5-11(17)12-10(6-7-15)9-16-20-12/h9,11H,4-8,15H2,1-3H3. The van der Waals surface area contributed by atoms with Gasteiger partial charge in [-0.1, -0.05) is 5.16 Å². The van der Waals surface area contributed by atoms with Gasteiger partial charge in [-0.3, -0.25) is 4.90 Å². The molecule has 1 amide bonds. The summed E-state index contributed by atoms with van der Waals surface area (Å²) < 4.78 is 10.8. The van der Waals surface area contributed by atoms with E-state index in [-0.39, 0.29) is 12.1 Å². The van der Waals surface area contributed by atoms with Gasteiger partial charge in [0.2, 0.25) is 0 Å². The van der Waals surface area contributed by atoms with E-state index in [1.165, 1.54) is 0 Å². The van der Waals surface area contributed by atoms with Crippen LogP contribution in [0.2, 0.25) is 0 Å². The lowest BCUT2D eigenvalue weighted by molar-refractivity contribution is 0.0203. The lowest BCUT2D eigenvalue weighted by atomic mass is 10.1. The molecule has 0 aromatic carbocycles. The fourth-order valence-electron chi connectivity index (χ4n) is 2.47. The first-order valence-electron chi connectivity index (χ1n) is 7.05. The van der Waals surface area contributed by atoms with Gasteiger partial charge in [0.05, 0.1) is 12.2 Å². The second-order valence-corrected chi connectivity index (χ2v) is 6.09. The number of carbonyl (C=O) groups is 1. The highest BCUT2D eigenvalue weighted by atomic mass is 16.6. The molecule has 2 rings (SSSR count). The van der Waals surface area contributed by atoms with Crippen LogP contribution in [0.5, 0.6) is 0 Å². The van der Waals surface area contributed by atoms with Gasteiger partial charge in [-0.05, 0) is 46.6 Å². The molecule has 1 aromatic rings. The minimum atomic E-state index is -0.494. The minimum absolute atomic E-state index is 0.0890. The van der Waals surface area contributed by atoms with E-state index in [2.05, 4.69) is 5.16 Å². The van der Waals surface area contributed by atoms with Crippen LogP contribution in [0.1, 0.15) is 51.0 Å². The number of amides is 1. The summed E-state index contributed by atoms with van der Waals surface area (Å²) in [7, 11) is 0. The predicted molar refractivity (Wildman–Crippen MR) is 74.2 cm³/mol. The molecule has 1 aliphatic heterocycles. The van der Waals surface area contributed by atoms with Crippen molar-refractivity contribution in [2.75, 3.05) is 13.1 Å². The van der Waals surface area contributed by atoms with Gasteiger partial charge in [0.25, 0.3) is 0 Å². The maximum absolute atomic E-state index is 12.3. The van der Waals surface area contributed by atoms with Gasteiger partial charge in [-0.15, -0.1) is 0 Å². The number of nitrogens with zero attached hydrogens (tertiary/aromatic N) is 2. The minimum Gasteiger partial charge on any atom is -0.444 e. The number of carbonyl (C=O) groups excluding carboxylic acids is 1.